The van der Waals surface area contributed by atoms with Gasteiger partial charge in [-0.3, -0.25) is 9.59 Å². The standard InChI is InChI=1S/C23H26N4O6/c24-17(9-13-5-7-15(29)8-6-13)21(30)27-20(12-28)22(31)26-19(23(32)33)10-14-11-25-18-4-2-1-3-16(14)18/h1-8,11,17,19-20,25,28-29H,9-10,12,24H2,(H,26,31)(H,27,30)(H,32,33). The van der Waals surface area contributed by atoms with E-state index >= 15 is 0 Å². The van der Waals surface area contributed by atoms with Crippen LogP contribution in [0, 0.1) is 0 Å². The molecule has 0 aliphatic rings. The minimum absolute atomic E-state index is 0.0115. The summed E-state index contributed by atoms with van der Waals surface area (Å²) < 4.78 is 0. The number of aromatic nitrogens is 1. The number of H-pyrrole nitrogens is 1. The van der Waals surface area contributed by atoms with Crippen molar-refractivity contribution in [1.29, 1.82) is 0 Å². The Hall–Kier alpha value is -3.89. The summed E-state index contributed by atoms with van der Waals surface area (Å²) in [5, 5.41) is 34.1. The highest BCUT2D eigenvalue weighted by Crippen LogP contribution is 2.19. The van der Waals surface area contributed by atoms with Crippen LogP contribution in [0.3, 0.4) is 0 Å². The van der Waals surface area contributed by atoms with Gasteiger partial charge in [0.15, 0.2) is 0 Å². The fourth-order valence-electron chi connectivity index (χ4n) is 3.44. The molecule has 3 rings (SSSR count). The first-order chi connectivity index (χ1) is 15.8. The Kier molecular flexibility index (Phi) is 7.65. The van der Waals surface area contributed by atoms with Gasteiger partial charge in [-0.15, -0.1) is 0 Å². The number of amides is 2. The molecule has 2 amide bonds. The van der Waals surface area contributed by atoms with Crippen molar-refractivity contribution < 1.29 is 29.7 Å². The molecule has 3 aromatic rings. The number of aromatic amines is 1. The van der Waals surface area contributed by atoms with Crippen LogP contribution in [-0.4, -0.2) is 62.8 Å². The number of carboxylic acids is 1. The predicted octanol–water partition coefficient (Wildman–Crippen LogP) is 0.0325. The Balaban J connectivity index is 1.62. The number of rotatable bonds is 10. The molecule has 0 saturated carbocycles. The summed E-state index contributed by atoms with van der Waals surface area (Å²) in [6.07, 6.45) is 1.84. The van der Waals surface area contributed by atoms with Gasteiger partial charge in [0.25, 0.3) is 0 Å². The number of aliphatic hydroxyl groups is 1. The van der Waals surface area contributed by atoms with E-state index in [1.54, 1.807) is 18.3 Å². The number of phenolic OH excluding ortho intramolecular Hbond substituents is 1. The van der Waals surface area contributed by atoms with Crippen molar-refractivity contribution in [2.45, 2.75) is 31.0 Å². The van der Waals surface area contributed by atoms with E-state index in [2.05, 4.69) is 15.6 Å². The minimum atomic E-state index is -1.37. The zero-order valence-corrected chi connectivity index (χ0v) is 17.7. The first-order valence-corrected chi connectivity index (χ1v) is 10.3. The van der Waals surface area contributed by atoms with E-state index in [4.69, 9.17) is 5.73 Å². The summed E-state index contributed by atoms with van der Waals surface area (Å²) >= 11 is 0. The molecule has 8 N–H and O–H groups in total. The Labute approximate surface area is 189 Å². The summed E-state index contributed by atoms with van der Waals surface area (Å²) in [6, 6.07) is 9.86. The molecule has 10 nitrogen and oxygen atoms in total. The van der Waals surface area contributed by atoms with Gasteiger partial charge >= 0.3 is 5.97 Å². The SMILES string of the molecule is NC(Cc1ccc(O)cc1)C(=O)NC(CO)C(=O)NC(Cc1c[nH]c2ccccc12)C(=O)O. The highest BCUT2D eigenvalue weighted by atomic mass is 16.4. The molecular weight excluding hydrogens is 428 g/mol. The number of carbonyl (C=O) groups is 3. The van der Waals surface area contributed by atoms with Crippen molar-refractivity contribution >= 4 is 28.7 Å². The van der Waals surface area contributed by atoms with Gasteiger partial charge in [-0.05, 0) is 35.7 Å². The molecule has 3 atom stereocenters. The molecule has 0 aliphatic heterocycles. The first kappa shape index (κ1) is 23.8. The summed E-state index contributed by atoms with van der Waals surface area (Å²) in [5.41, 5.74) is 8.14. The number of aromatic hydroxyl groups is 1. The molecule has 0 radical (unpaired) electrons. The summed E-state index contributed by atoms with van der Waals surface area (Å²) in [5.74, 6) is -2.69. The Morgan fingerprint density at radius 1 is 0.939 bits per heavy atom. The number of benzene rings is 2. The number of aliphatic carboxylic acids is 1. The second kappa shape index (κ2) is 10.6. The lowest BCUT2D eigenvalue weighted by Gasteiger charge is -2.21. The number of aliphatic hydroxyl groups excluding tert-OH is 1. The first-order valence-electron chi connectivity index (χ1n) is 10.3. The quantitative estimate of drug-likeness (QED) is 0.226. The number of carbonyl (C=O) groups excluding carboxylic acids is 2. The molecule has 2 aromatic carbocycles. The van der Waals surface area contributed by atoms with Gasteiger partial charge in [0.05, 0.1) is 12.6 Å². The van der Waals surface area contributed by atoms with Crippen LogP contribution in [0.4, 0.5) is 0 Å². The monoisotopic (exact) mass is 454 g/mol. The minimum Gasteiger partial charge on any atom is -0.508 e. The second-order valence-corrected chi connectivity index (χ2v) is 7.68. The zero-order valence-electron chi connectivity index (χ0n) is 17.7. The molecule has 3 unspecified atom stereocenters. The van der Waals surface area contributed by atoms with Gasteiger partial charge in [-0.2, -0.15) is 0 Å². The normalized spacial score (nSPS) is 13.8. The zero-order chi connectivity index (χ0) is 24.0. The highest BCUT2D eigenvalue weighted by molar-refractivity contribution is 5.92. The Morgan fingerprint density at radius 3 is 2.27 bits per heavy atom. The van der Waals surface area contributed by atoms with Crippen molar-refractivity contribution in [3.63, 3.8) is 0 Å². The van der Waals surface area contributed by atoms with Crippen molar-refractivity contribution in [2.24, 2.45) is 5.73 Å². The van der Waals surface area contributed by atoms with E-state index in [1.807, 2.05) is 24.3 Å². The van der Waals surface area contributed by atoms with Crippen molar-refractivity contribution in [1.82, 2.24) is 15.6 Å². The maximum atomic E-state index is 12.6. The van der Waals surface area contributed by atoms with Gasteiger partial charge in [0, 0.05) is 23.5 Å². The number of phenols is 1. The lowest BCUT2D eigenvalue weighted by molar-refractivity contribution is -0.142. The molecule has 1 heterocycles. The molecule has 0 saturated heterocycles. The molecule has 10 heteroatoms. The fourth-order valence-corrected chi connectivity index (χ4v) is 3.44. The van der Waals surface area contributed by atoms with Crippen molar-refractivity contribution in [3.05, 3.63) is 65.9 Å². The van der Waals surface area contributed by atoms with Crippen LogP contribution in [0.2, 0.25) is 0 Å². The van der Waals surface area contributed by atoms with Crippen LogP contribution in [-0.2, 0) is 27.2 Å². The molecule has 0 fully saturated rings. The number of hydrogen-bond acceptors (Lipinski definition) is 6. The topological polar surface area (TPSA) is 178 Å². The molecular formula is C23H26N4O6. The molecule has 33 heavy (non-hydrogen) atoms. The third kappa shape index (κ3) is 6.09. The molecule has 0 aliphatic carbocycles. The van der Waals surface area contributed by atoms with Crippen molar-refractivity contribution in [3.8, 4) is 5.75 Å². The van der Waals surface area contributed by atoms with Crippen molar-refractivity contribution in [2.75, 3.05) is 6.61 Å². The number of nitrogens with one attached hydrogen (secondary N) is 3. The molecule has 0 spiro atoms. The highest BCUT2D eigenvalue weighted by Gasteiger charge is 2.28. The van der Waals surface area contributed by atoms with E-state index < -0.39 is 42.5 Å². The summed E-state index contributed by atoms with van der Waals surface area (Å²) in [4.78, 5) is 39.8. The van der Waals surface area contributed by atoms with E-state index in [0.717, 1.165) is 10.9 Å². The summed E-state index contributed by atoms with van der Waals surface area (Å²) in [6.45, 7) is -0.733. The number of nitrogens with two attached hydrogens (primary N) is 1. The maximum absolute atomic E-state index is 12.6. The second-order valence-electron chi connectivity index (χ2n) is 7.68. The predicted molar refractivity (Wildman–Crippen MR) is 120 cm³/mol. The number of carboxylic acid groups (broad SMARTS) is 1. The third-order valence-corrected chi connectivity index (χ3v) is 5.26. The number of para-hydroxylation sites is 1. The van der Waals surface area contributed by atoms with Gasteiger partial charge in [-0.1, -0.05) is 30.3 Å². The van der Waals surface area contributed by atoms with Crippen LogP contribution < -0.4 is 16.4 Å². The lowest BCUT2D eigenvalue weighted by Crippen LogP contribution is -2.56. The van der Waals surface area contributed by atoms with E-state index in [0.29, 0.717) is 11.1 Å². The number of hydrogen-bond donors (Lipinski definition) is 7. The van der Waals surface area contributed by atoms with Gasteiger partial charge in [-0.25, -0.2) is 4.79 Å². The van der Waals surface area contributed by atoms with Crippen LogP contribution in [0.15, 0.2) is 54.7 Å². The number of fused-ring (bicyclic) bond motifs is 1. The van der Waals surface area contributed by atoms with E-state index in [1.165, 1.54) is 12.1 Å². The Morgan fingerprint density at radius 2 is 1.61 bits per heavy atom. The van der Waals surface area contributed by atoms with Gasteiger partial charge in [0.1, 0.15) is 17.8 Å². The Bertz CT molecular complexity index is 1130. The summed E-state index contributed by atoms with van der Waals surface area (Å²) in [7, 11) is 0. The van der Waals surface area contributed by atoms with Crippen LogP contribution in [0.5, 0.6) is 5.75 Å². The van der Waals surface area contributed by atoms with Gasteiger partial charge in [0.2, 0.25) is 11.8 Å². The maximum Gasteiger partial charge on any atom is 0.326 e. The van der Waals surface area contributed by atoms with Crippen LogP contribution in [0.25, 0.3) is 10.9 Å². The van der Waals surface area contributed by atoms with Crippen LogP contribution in [0.1, 0.15) is 11.1 Å². The average Bonchev–Trinajstić information content (AvgIpc) is 3.21. The molecule has 1 aromatic heterocycles. The van der Waals surface area contributed by atoms with E-state index in [-0.39, 0.29) is 18.6 Å². The average molecular weight is 454 g/mol. The smallest absolute Gasteiger partial charge is 0.326 e. The lowest BCUT2D eigenvalue weighted by atomic mass is 10.0. The largest absolute Gasteiger partial charge is 0.508 e. The third-order valence-electron chi connectivity index (χ3n) is 5.26. The molecule has 174 valence electrons. The van der Waals surface area contributed by atoms with Gasteiger partial charge < -0.3 is 36.7 Å². The van der Waals surface area contributed by atoms with E-state index in [9.17, 15) is 29.7 Å². The fraction of sp³-hybridized carbons (Fsp3) is 0.261. The molecule has 0 bridgehead atoms. The van der Waals surface area contributed by atoms with Crippen LogP contribution >= 0.6 is 0 Å².